The average Bonchev–Trinajstić information content (AvgIpc) is 3.22. The molecule has 132 valence electrons. The van der Waals surface area contributed by atoms with Gasteiger partial charge in [-0.2, -0.15) is 0 Å². The number of nitrogens with zero attached hydrogens (tertiary/aromatic N) is 3. The van der Waals surface area contributed by atoms with Crippen molar-refractivity contribution in [3.05, 3.63) is 41.9 Å². The largest absolute Gasteiger partial charge is 0.373 e. The maximum atomic E-state index is 12.6. The Morgan fingerprint density at radius 1 is 1.44 bits per heavy atom. The lowest BCUT2D eigenvalue weighted by Gasteiger charge is -2.38. The zero-order valence-corrected chi connectivity index (χ0v) is 14.3. The molecule has 2 aliphatic heterocycles. The molecule has 0 unspecified atom stereocenters. The summed E-state index contributed by atoms with van der Waals surface area (Å²) in [6.45, 7) is 3.76. The van der Waals surface area contributed by atoms with Crippen LogP contribution in [-0.4, -0.2) is 52.3 Å². The van der Waals surface area contributed by atoms with Crippen LogP contribution >= 0.6 is 0 Å². The van der Waals surface area contributed by atoms with E-state index in [1.165, 1.54) is 0 Å². The highest BCUT2D eigenvalue weighted by molar-refractivity contribution is 5.91. The molecule has 0 saturated carbocycles. The molecular formula is C18H22N4O3. The molecule has 2 aromatic heterocycles. The van der Waals surface area contributed by atoms with Crippen molar-refractivity contribution >= 4 is 11.7 Å². The lowest BCUT2D eigenvalue weighted by molar-refractivity contribution is -0.0721. The predicted octanol–water partition coefficient (Wildman–Crippen LogP) is 2.25. The molecule has 0 bridgehead atoms. The van der Waals surface area contributed by atoms with Crippen molar-refractivity contribution < 1.29 is 14.1 Å². The van der Waals surface area contributed by atoms with E-state index in [1.54, 1.807) is 12.3 Å². The van der Waals surface area contributed by atoms with Gasteiger partial charge in [0, 0.05) is 31.5 Å². The van der Waals surface area contributed by atoms with Gasteiger partial charge in [0.15, 0.2) is 0 Å². The minimum Gasteiger partial charge on any atom is -0.373 e. The Kier molecular flexibility index (Phi) is 4.17. The smallest absolute Gasteiger partial charge is 0.292 e. The fourth-order valence-electron chi connectivity index (χ4n) is 3.73. The minimum absolute atomic E-state index is 0.110. The summed E-state index contributed by atoms with van der Waals surface area (Å²) in [5, 5.41) is 7.29. The van der Waals surface area contributed by atoms with Crippen molar-refractivity contribution in [1.29, 1.82) is 0 Å². The Bertz CT molecular complexity index is 748. The maximum absolute atomic E-state index is 12.6. The van der Waals surface area contributed by atoms with Gasteiger partial charge in [-0.3, -0.25) is 4.79 Å². The number of ether oxygens (including phenoxy) is 1. The van der Waals surface area contributed by atoms with Crippen molar-refractivity contribution in [3.63, 3.8) is 0 Å². The normalized spacial score (nSPS) is 26.1. The molecule has 2 atom stereocenters. The molecule has 2 saturated heterocycles. The number of aromatic nitrogens is 2. The van der Waals surface area contributed by atoms with E-state index in [4.69, 9.17) is 9.26 Å². The second-order valence-electron chi connectivity index (χ2n) is 6.89. The number of anilines is 1. The van der Waals surface area contributed by atoms with Gasteiger partial charge in [-0.1, -0.05) is 11.2 Å². The van der Waals surface area contributed by atoms with Gasteiger partial charge in [0.2, 0.25) is 5.76 Å². The number of aryl methyl sites for hydroxylation is 1. The summed E-state index contributed by atoms with van der Waals surface area (Å²) in [5.41, 5.74) is 0.431. The van der Waals surface area contributed by atoms with E-state index in [-0.39, 0.29) is 11.5 Å². The second-order valence-corrected chi connectivity index (χ2v) is 6.89. The summed E-state index contributed by atoms with van der Waals surface area (Å²) in [6, 6.07) is 7.83. The molecule has 0 aromatic carbocycles. The Morgan fingerprint density at radius 3 is 3.12 bits per heavy atom. The lowest BCUT2D eigenvalue weighted by Crippen LogP contribution is -2.47. The molecule has 7 heteroatoms. The number of likely N-dealkylation sites (tertiary alicyclic amines) is 1. The fourth-order valence-corrected chi connectivity index (χ4v) is 3.73. The monoisotopic (exact) mass is 342 g/mol. The number of nitrogens with one attached hydrogen (secondary N) is 1. The fraction of sp³-hybridized carbons (Fsp3) is 0.500. The summed E-state index contributed by atoms with van der Waals surface area (Å²) < 4.78 is 11.2. The number of carbonyl (C=O) groups excluding carboxylic acids is 1. The number of pyridine rings is 1. The van der Waals surface area contributed by atoms with Gasteiger partial charge in [-0.25, -0.2) is 4.98 Å². The van der Waals surface area contributed by atoms with Crippen LogP contribution in [0.25, 0.3) is 0 Å². The topological polar surface area (TPSA) is 80.5 Å². The number of carbonyl (C=O) groups is 1. The average molecular weight is 342 g/mol. The molecule has 7 nitrogen and oxygen atoms in total. The molecule has 2 aliphatic rings. The van der Waals surface area contributed by atoms with E-state index in [2.05, 4.69) is 15.5 Å². The molecular weight excluding hydrogens is 320 g/mol. The van der Waals surface area contributed by atoms with Crippen molar-refractivity contribution in [1.82, 2.24) is 15.0 Å². The summed E-state index contributed by atoms with van der Waals surface area (Å²) in [6.07, 6.45) is 4.43. The number of rotatable bonds is 3. The Labute approximate surface area is 146 Å². The van der Waals surface area contributed by atoms with Crippen molar-refractivity contribution in [3.8, 4) is 0 Å². The third kappa shape index (κ3) is 3.37. The van der Waals surface area contributed by atoms with Gasteiger partial charge >= 0.3 is 0 Å². The molecule has 4 heterocycles. The van der Waals surface area contributed by atoms with Crippen LogP contribution in [0.15, 0.2) is 35.0 Å². The molecule has 0 aliphatic carbocycles. The zero-order valence-electron chi connectivity index (χ0n) is 14.3. The Hall–Kier alpha value is -2.41. The molecule has 1 N–H and O–H groups in total. The first-order valence-electron chi connectivity index (χ1n) is 8.68. The zero-order chi connectivity index (χ0) is 17.3. The van der Waals surface area contributed by atoms with Crippen molar-refractivity contribution in [2.75, 3.05) is 25.0 Å². The quantitative estimate of drug-likeness (QED) is 0.921. The summed E-state index contributed by atoms with van der Waals surface area (Å²) in [4.78, 5) is 18.7. The molecule has 2 fully saturated rings. The summed E-state index contributed by atoms with van der Waals surface area (Å²) in [7, 11) is 0. The van der Waals surface area contributed by atoms with E-state index in [0.29, 0.717) is 37.2 Å². The van der Waals surface area contributed by atoms with E-state index < -0.39 is 0 Å². The summed E-state index contributed by atoms with van der Waals surface area (Å²) in [5.74, 6) is 1.07. The van der Waals surface area contributed by atoms with Crippen molar-refractivity contribution in [2.24, 2.45) is 0 Å². The lowest BCUT2D eigenvalue weighted by atomic mass is 9.89. The molecule has 1 amide bonds. The number of hydrogen-bond donors (Lipinski definition) is 1. The molecule has 25 heavy (non-hydrogen) atoms. The second kappa shape index (κ2) is 6.48. The van der Waals surface area contributed by atoms with Crippen molar-refractivity contribution in [2.45, 2.75) is 37.8 Å². The van der Waals surface area contributed by atoms with Gasteiger partial charge in [-0.05, 0) is 38.3 Å². The van der Waals surface area contributed by atoms with Crippen LogP contribution in [-0.2, 0) is 4.74 Å². The molecule has 4 rings (SSSR count). The predicted molar refractivity (Wildman–Crippen MR) is 91.3 cm³/mol. The maximum Gasteiger partial charge on any atom is 0.292 e. The van der Waals surface area contributed by atoms with Crippen LogP contribution in [0.2, 0.25) is 0 Å². The van der Waals surface area contributed by atoms with Gasteiger partial charge in [-0.15, -0.1) is 0 Å². The first-order valence-corrected chi connectivity index (χ1v) is 8.68. The van der Waals surface area contributed by atoms with Crippen LogP contribution in [0.1, 0.15) is 35.5 Å². The highest BCUT2D eigenvalue weighted by atomic mass is 16.5. The standard InChI is InChI=1S/C18H22N4O3/c1-13-10-15(25-21-13)17(23)22-8-6-18(12-22)11-14(5-9-24-18)20-16-4-2-3-7-19-16/h2-4,7,10,14H,5-6,8-9,11-12H2,1H3,(H,19,20)/t14-,18-/m1/s1. The Balaban J connectivity index is 1.41. The minimum atomic E-state index is -0.282. The third-order valence-electron chi connectivity index (χ3n) is 4.95. The van der Waals surface area contributed by atoms with Crippen LogP contribution in [0.5, 0.6) is 0 Å². The SMILES string of the molecule is Cc1cc(C(=O)N2CC[C@@]3(C[C@H](Nc4ccccn4)CCO3)C2)on1. The first kappa shape index (κ1) is 16.1. The van der Waals surface area contributed by atoms with Crippen LogP contribution in [0, 0.1) is 6.92 Å². The van der Waals surface area contributed by atoms with Crippen LogP contribution in [0.4, 0.5) is 5.82 Å². The molecule has 0 radical (unpaired) electrons. The van der Waals surface area contributed by atoms with E-state index >= 15 is 0 Å². The summed E-state index contributed by atoms with van der Waals surface area (Å²) >= 11 is 0. The number of amides is 1. The third-order valence-corrected chi connectivity index (χ3v) is 4.95. The number of hydrogen-bond acceptors (Lipinski definition) is 6. The molecule has 1 spiro atoms. The van der Waals surface area contributed by atoms with Crippen LogP contribution < -0.4 is 5.32 Å². The van der Waals surface area contributed by atoms with E-state index in [0.717, 1.165) is 25.1 Å². The highest BCUT2D eigenvalue weighted by Crippen LogP contribution is 2.35. The van der Waals surface area contributed by atoms with E-state index in [1.807, 2.05) is 30.0 Å². The highest BCUT2D eigenvalue weighted by Gasteiger charge is 2.45. The molecule has 2 aromatic rings. The Morgan fingerprint density at radius 2 is 2.36 bits per heavy atom. The van der Waals surface area contributed by atoms with Crippen LogP contribution in [0.3, 0.4) is 0 Å². The van der Waals surface area contributed by atoms with Gasteiger partial charge in [0.05, 0.1) is 17.8 Å². The first-order chi connectivity index (χ1) is 12.1. The van der Waals surface area contributed by atoms with Gasteiger partial charge in [0.25, 0.3) is 5.91 Å². The van der Waals surface area contributed by atoms with E-state index in [9.17, 15) is 4.79 Å². The van der Waals surface area contributed by atoms with Gasteiger partial charge < -0.3 is 19.5 Å². The van der Waals surface area contributed by atoms with Gasteiger partial charge in [0.1, 0.15) is 5.82 Å².